The predicted octanol–water partition coefficient (Wildman–Crippen LogP) is 1.78. The molecule has 1 aliphatic rings. The normalized spacial score (nSPS) is 14.8. The van der Waals surface area contributed by atoms with E-state index >= 15 is 0 Å². The van der Waals surface area contributed by atoms with E-state index in [0.717, 1.165) is 5.69 Å². The van der Waals surface area contributed by atoms with Crippen LogP contribution in [0.25, 0.3) is 0 Å². The lowest BCUT2D eigenvalue weighted by atomic mass is 10.2. The molecule has 1 aromatic rings. The highest BCUT2D eigenvalue weighted by atomic mass is 19.1. The quantitative estimate of drug-likeness (QED) is 0.715. The molecule has 0 unspecified atom stereocenters. The van der Waals surface area contributed by atoms with Crippen LogP contribution >= 0.6 is 0 Å². The van der Waals surface area contributed by atoms with Crippen LogP contribution in [0.2, 0.25) is 0 Å². The fraction of sp³-hybridized carbons (Fsp3) is 0.250. The summed E-state index contributed by atoms with van der Waals surface area (Å²) in [4.78, 5) is 0. The molecule has 13 heavy (non-hydrogen) atoms. The molecule has 1 heterocycles. The third kappa shape index (κ3) is 1.32. The van der Waals surface area contributed by atoms with E-state index in [4.69, 9.17) is 0 Å². The molecule has 0 aliphatic carbocycles. The number of anilines is 1. The zero-order valence-electron chi connectivity index (χ0n) is 7.16. The second kappa shape index (κ2) is 3.01. The van der Waals surface area contributed by atoms with Crippen LogP contribution in [0.15, 0.2) is 28.5 Å². The second-order valence-corrected chi connectivity index (χ2v) is 2.79. The van der Waals surface area contributed by atoms with Crippen LogP contribution in [0.3, 0.4) is 0 Å². The molecule has 4 nitrogen and oxygen atoms in total. The number of hydrogen-bond acceptors (Lipinski definition) is 4. The summed E-state index contributed by atoms with van der Waals surface area (Å²) in [6, 6.07) is 4.92. The Morgan fingerprint density at radius 1 is 1.54 bits per heavy atom. The van der Waals surface area contributed by atoms with Crippen LogP contribution in [0.4, 0.5) is 10.1 Å². The first-order chi connectivity index (χ1) is 6.29. The molecule has 0 fully saturated rings. The van der Waals surface area contributed by atoms with Gasteiger partial charge in [0, 0.05) is 5.56 Å². The Kier molecular flexibility index (Phi) is 1.84. The van der Waals surface area contributed by atoms with Gasteiger partial charge in [-0.3, -0.25) is 0 Å². The van der Waals surface area contributed by atoms with Crippen molar-refractivity contribution in [2.24, 2.45) is 10.3 Å². The van der Waals surface area contributed by atoms with Crippen molar-refractivity contribution in [1.82, 2.24) is 5.53 Å². The van der Waals surface area contributed by atoms with E-state index in [-0.39, 0.29) is 5.82 Å². The molecular weight excluding hydrogens is 171 g/mol. The molecule has 5 heteroatoms. The monoisotopic (exact) mass is 180 g/mol. The summed E-state index contributed by atoms with van der Waals surface area (Å²) < 4.78 is 13.1. The standard InChI is InChI=1S/C8H9FN4/c1-6-7(9)3-2-4-8(6)13-5-10-11-12-13/h2-4H,5H2,1H3,(H,10,12). The number of benzene rings is 1. The Morgan fingerprint density at radius 3 is 3.08 bits per heavy atom. The highest BCUT2D eigenvalue weighted by Crippen LogP contribution is 2.21. The third-order valence-corrected chi connectivity index (χ3v) is 1.97. The maximum absolute atomic E-state index is 13.1. The Labute approximate surface area is 75.0 Å². The second-order valence-electron chi connectivity index (χ2n) is 2.79. The zero-order valence-corrected chi connectivity index (χ0v) is 7.16. The lowest BCUT2D eigenvalue weighted by molar-refractivity contribution is 0.615. The molecule has 2 rings (SSSR count). The summed E-state index contributed by atoms with van der Waals surface area (Å²) in [6.07, 6.45) is 0. The van der Waals surface area contributed by atoms with Crippen molar-refractivity contribution < 1.29 is 4.39 Å². The zero-order chi connectivity index (χ0) is 9.26. The number of rotatable bonds is 1. The molecule has 0 aromatic heterocycles. The fourth-order valence-electron chi connectivity index (χ4n) is 1.23. The van der Waals surface area contributed by atoms with Gasteiger partial charge in [0.25, 0.3) is 0 Å². The molecule has 0 saturated carbocycles. The molecule has 0 amide bonds. The first-order valence-electron chi connectivity index (χ1n) is 3.94. The van der Waals surface area contributed by atoms with Crippen molar-refractivity contribution in [3.63, 3.8) is 0 Å². The van der Waals surface area contributed by atoms with Crippen LogP contribution < -0.4 is 10.5 Å². The van der Waals surface area contributed by atoms with Gasteiger partial charge in [0.1, 0.15) is 5.82 Å². The summed E-state index contributed by atoms with van der Waals surface area (Å²) in [5.41, 5.74) is 4.03. The average molecular weight is 180 g/mol. The van der Waals surface area contributed by atoms with Crippen LogP contribution in [0, 0.1) is 12.7 Å². The smallest absolute Gasteiger partial charge is 0.154 e. The van der Waals surface area contributed by atoms with Gasteiger partial charge in [0.2, 0.25) is 0 Å². The molecule has 1 N–H and O–H groups in total. The summed E-state index contributed by atoms with van der Waals surface area (Å²) in [5.74, 6) is -0.216. The third-order valence-electron chi connectivity index (χ3n) is 1.97. The highest BCUT2D eigenvalue weighted by Gasteiger charge is 2.13. The minimum absolute atomic E-state index is 0.216. The van der Waals surface area contributed by atoms with Gasteiger partial charge in [-0.2, -0.15) is 5.53 Å². The minimum atomic E-state index is -0.216. The van der Waals surface area contributed by atoms with Gasteiger partial charge in [0.05, 0.1) is 5.69 Å². The van der Waals surface area contributed by atoms with Gasteiger partial charge in [-0.15, -0.1) is 5.11 Å². The number of halogens is 1. The molecule has 68 valence electrons. The summed E-state index contributed by atoms with van der Waals surface area (Å²) in [6.45, 7) is 2.15. The van der Waals surface area contributed by atoms with Gasteiger partial charge in [-0.1, -0.05) is 11.3 Å². The van der Waals surface area contributed by atoms with E-state index in [0.29, 0.717) is 12.2 Å². The Balaban J connectivity index is 2.34. The van der Waals surface area contributed by atoms with E-state index in [2.05, 4.69) is 15.9 Å². The van der Waals surface area contributed by atoms with Gasteiger partial charge < -0.3 is 0 Å². The van der Waals surface area contributed by atoms with E-state index in [1.165, 1.54) is 6.07 Å². The molecular formula is C8H9FN4. The number of nitrogens with zero attached hydrogens (tertiary/aromatic N) is 3. The lowest BCUT2D eigenvalue weighted by Crippen LogP contribution is -2.30. The van der Waals surface area contributed by atoms with Crippen molar-refractivity contribution in [1.29, 1.82) is 0 Å². The van der Waals surface area contributed by atoms with Gasteiger partial charge >= 0.3 is 0 Å². The predicted molar refractivity (Wildman–Crippen MR) is 46.5 cm³/mol. The first kappa shape index (κ1) is 7.97. The maximum Gasteiger partial charge on any atom is 0.154 e. The SMILES string of the molecule is Cc1c(F)cccc1N1CN=NN1. The summed E-state index contributed by atoms with van der Waals surface area (Å²) >= 11 is 0. The van der Waals surface area contributed by atoms with Crippen molar-refractivity contribution in [3.8, 4) is 0 Å². The largest absolute Gasteiger partial charge is 0.247 e. The molecule has 1 aliphatic heterocycles. The molecule has 0 spiro atoms. The van der Waals surface area contributed by atoms with Gasteiger partial charge in [-0.25, -0.2) is 9.40 Å². The first-order valence-corrected chi connectivity index (χ1v) is 3.94. The van der Waals surface area contributed by atoms with Crippen molar-refractivity contribution in [2.75, 3.05) is 11.7 Å². The molecule has 0 bridgehead atoms. The van der Waals surface area contributed by atoms with Gasteiger partial charge in [0.15, 0.2) is 6.67 Å². The molecule has 0 saturated heterocycles. The number of hydrazine groups is 1. The van der Waals surface area contributed by atoms with Crippen LogP contribution in [-0.2, 0) is 0 Å². The van der Waals surface area contributed by atoms with Crippen LogP contribution in [-0.4, -0.2) is 6.67 Å². The number of nitrogens with one attached hydrogen (secondary N) is 1. The van der Waals surface area contributed by atoms with Crippen LogP contribution in [0.5, 0.6) is 0 Å². The molecule has 0 radical (unpaired) electrons. The Hall–Kier alpha value is -1.65. The van der Waals surface area contributed by atoms with Crippen molar-refractivity contribution in [2.45, 2.75) is 6.92 Å². The summed E-state index contributed by atoms with van der Waals surface area (Å²) in [7, 11) is 0. The molecule has 1 aromatic carbocycles. The number of hydrogen-bond donors (Lipinski definition) is 1. The van der Waals surface area contributed by atoms with E-state index < -0.39 is 0 Å². The average Bonchev–Trinajstić information content (AvgIpc) is 2.62. The van der Waals surface area contributed by atoms with E-state index in [1.54, 1.807) is 18.0 Å². The van der Waals surface area contributed by atoms with Crippen molar-refractivity contribution in [3.05, 3.63) is 29.6 Å². The molecule has 0 atom stereocenters. The maximum atomic E-state index is 13.1. The highest BCUT2D eigenvalue weighted by molar-refractivity contribution is 5.52. The minimum Gasteiger partial charge on any atom is -0.247 e. The topological polar surface area (TPSA) is 40.0 Å². The van der Waals surface area contributed by atoms with Crippen LogP contribution in [0.1, 0.15) is 5.56 Å². The van der Waals surface area contributed by atoms with E-state index in [1.807, 2.05) is 6.07 Å². The lowest BCUT2D eigenvalue weighted by Gasteiger charge is -2.17. The Bertz CT molecular complexity index is 342. The Morgan fingerprint density at radius 2 is 2.38 bits per heavy atom. The van der Waals surface area contributed by atoms with E-state index in [9.17, 15) is 4.39 Å². The van der Waals surface area contributed by atoms with Gasteiger partial charge in [-0.05, 0) is 19.1 Å². The van der Waals surface area contributed by atoms with Crippen molar-refractivity contribution >= 4 is 5.69 Å². The fourth-order valence-corrected chi connectivity index (χ4v) is 1.23. The summed E-state index contributed by atoms with van der Waals surface area (Å²) in [5, 5.41) is 9.00.